The highest BCUT2D eigenvalue weighted by molar-refractivity contribution is 7.15. The lowest BCUT2D eigenvalue weighted by molar-refractivity contribution is 0.0911. The Balaban J connectivity index is 1.75. The molecule has 0 saturated carbocycles. The van der Waals surface area contributed by atoms with Crippen LogP contribution in [0.4, 0.5) is 5.13 Å². The van der Waals surface area contributed by atoms with Crippen molar-refractivity contribution in [2.75, 3.05) is 5.73 Å². The van der Waals surface area contributed by atoms with Gasteiger partial charge in [0, 0.05) is 6.20 Å². The number of nitrogens with two attached hydrogens (primary N) is 1. The van der Waals surface area contributed by atoms with Crippen molar-refractivity contribution in [2.24, 2.45) is 0 Å². The lowest BCUT2D eigenvalue weighted by Crippen LogP contribution is -2.41. The van der Waals surface area contributed by atoms with Gasteiger partial charge in [0.2, 0.25) is 5.13 Å². The van der Waals surface area contributed by atoms with Crippen molar-refractivity contribution in [3.8, 4) is 5.82 Å². The number of carbonyl (C=O) groups excluding carboxylic acids is 1. The number of nitrogens with zero attached hydrogens (tertiary/aromatic N) is 6. The van der Waals surface area contributed by atoms with Gasteiger partial charge in [0.1, 0.15) is 23.5 Å². The highest BCUT2D eigenvalue weighted by Gasteiger charge is 2.27. The summed E-state index contributed by atoms with van der Waals surface area (Å²) < 4.78 is 1.65. The summed E-state index contributed by atoms with van der Waals surface area (Å²) in [6.07, 6.45) is 4.56. The van der Waals surface area contributed by atoms with E-state index >= 15 is 0 Å². The first-order chi connectivity index (χ1) is 11.0. The van der Waals surface area contributed by atoms with E-state index < -0.39 is 5.54 Å². The van der Waals surface area contributed by atoms with Crippen LogP contribution in [0, 0.1) is 0 Å². The van der Waals surface area contributed by atoms with Gasteiger partial charge in [0.15, 0.2) is 0 Å². The van der Waals surface area contributed by atoms with Gasteiger partial charge in [0.05, 0.1) is 11.1 Å². The van der Waals surface area contributed by atoms with E-state index in [0.29, 0.717) is 21.5 Å². The molecule has 3 N–H and O–H groups in total. The molecule has 0 bridgehead atoms. The molecule has 0 atom stereocenters. The minimum absolute atomic E-state index is 0.258. The molecule has 118 valence electrons. The van der Waals surface area contributed by atoms with Crippen LogP contribution in [0.15, 0.2) is 31.0 Å². The lowest BCUT2D eigenvalue weighted by atomic mass is 10.1. The number of pyridine rings is 1. The molecule has 0 unspecified atom stereocenters. The second kappa shape index (κ2) is 5.72. The number of aromatic nitrogens is 6. The van der Waals surface area contributed by atoms with Crippen LogP contribution in [-0.4, -0.2) is 35.9 Å². The van der Waals surface area contributed by atoms with Crippen LogP contribution >= 0.6 is 11.3 Å². The monoisotopic (exact) mass is 330 g/mol. The number of nitrogens with one attached hydrogen (secondary N) is 1. The second-order valence-electron chi connectivity index (χ2n) is 5.30. The molecule has 0 fully saturated rings. The third-order valence-corrected chi connectivity index (χ3v) is 4.17. The average molecular weight is 330 g/mol. The van der Waals surface area contributed by atoms with Crippen LogP contribution in [0.25, 0.3) is 5.82 Å². The summed E-state index contributed by atoms with van der Waals surface area (Å²) in [5.74, 6) is 0.370. The first-order valence-electron chi connectivity index (χ1n) is 6.69. The van der Waals surface area contributed by atoms with Gasteiger partial charge in [-0.2, -0.15) is 0 Å². The SMILES string of the molecule is CC(C)(NC(=O)c1ccc(-n2cnnc2)nc1)c1nnc(N)s1. The van der Waals surface area contributed by atoms with E-state index in [1.807, 2.05) is 13.8 Å². The van der Waals surface area contributed by atoms with Crippen LogP contribution in [0.2, 0.25) is 0 Å². The number of hydrogen-bond donors (Lipinski definition) is 2. The molecule has 0 aliphatic carbocycles. The third-order valence-electron chi connectivity index (χ3n) is 3.09. The fraction of sp³-hybridized carbons (Fsp3) is 0.231. The Morgan fingerprint density at radius 1 is 1.26 bits per heavy atom. The van der Waals surface area contributed by atoms with Gasteiger partial charge in [-0.1, -0.05) is 11.3 Å². The Kier molecular flexibility index (Phi) is 3.74. The van der Waals surface area contributed by atoms with Crippen LogP contribution in [0.5, 0.6) is 0 Å². The molecule has 3 rings (SSSR count). The number of amides is 1. The zero-order valence-corrected chi connectivity index (χ0v) is 13.3. The smallest absolute Gasteiger partial charge is 0.253 e. The molecular weight excluding hydrogens is 316 g/mol. The zero-order valence-electron chi connectivity index (χ0n) is 12.5. The van der Waals surface area contributed by atoms with Gasteiger partial charge in [-0.05, 0) is 26.0 Å². The Morgan fingerprint density at radius 3 is 2.57 bits per heavy atom. The van der Waals surface area contributed by atoms with E-state index in [-0.39, 0.29) is 5.91 Å². The molecule has 0 radical (unpaired) electrons. The molecule has 10 heteroatoms. The zero-order chi connectivity index (χ0) is 16.4. The number of carbonyl (C=O) groups is 1. The van der Waals surface area contributed by atoms with Crippen LogP contribution < -0.4 is 11.1 Å². The second-order valence-corrected chi connectivity index (χ2v) is 6.31. The summed E-state index contributed by atoms with van der Waals surface area (Å²) in [6, 6.07) is 3.40. The van der Waals surface area contributed by atoms with Gasteiger partial charge in [-0.3, -0.25) is 9.36 Å². The molecule has 23 heavy (non-hydrogen) atoms. The van der Waals surface area contributed by atoms with Crippen LogP contribution in [0.1, 0.15) is 29.2 Å². The van der Waals surface area contributed by atoms with Crippen molar-refractivity contribution in [3.05, 3.63) is 41.6 Å². The van der Waals surface area contributed by atoms with E-state index in [9.17, 15) is 4.79 Å². The highest BCUT2D eigenvalue weighted by atomic mass is 32.1. The van der Waals surface area contributed by atoms with E-state index in [0.717, 1.165) is 0 Å². The predicted molar refractivity (Wildman–Crippen MR) is 84.0 cm³/mol. The van der Waals surface area contributed by atoms with E-state index in [1.165, 1.54) is 30.2 Å². The van der Waals surface area contributed by atoms with E-state index in [4.69, 9.17) is 5.73 Å². The minimum atomic E-state index is -0.681. The first kappa shape index (κ1) is 15.0. The normalized spacial score (nSPS) is 11.4. The topological polar surface area (TPSA) is 124 Å². The van der Waals surface area contributed by atoms with Crippen LogP contribution in [0.3, 0.4) is 0 Å². The van der Waals surface area contributed by atoms with E-state index in [1.54, 1.807) is 16.7 Å². The predicted octanol–water partition coefficient (Wildman–Crippen LogP) is 0.761. The molecule has 0 aliphatic rings. The maximum absolute atomic E-state index is 12.4. The Bertz CT molecular complexity index is 809. The summed E-state index contributed by atoms with van der Waals surface area (Å²) in [5.41, 5.74) is 5.35. The van der Waals surface area contributed by atoms with Crippen molar-refractivity contribution in [3.63, 3.8) is 0 Å². The third kappa shape index (κ3) is 3.16. The lowest BCUT2D eigenvalue weighted by Gasteiger charge is -2.23. The maximum atomic E-state index is 12.4. The van der Waals surface area contributed by atoms with Gasteiger partial charge >= 0.3 is 0 Å². The summed E-state index contributed by atoms with van der Waals surface area (Å²) in [5, 5.41) is 19.1. The Labute approximate surface area is 135 Å². The largest absolute Gasteiger partial charge is 0.374 e. The molecule has 0 saturated heterocycles. The molecule has 3 heterocycles. The fourth-order valence-corrected chi connectivity index (χ4v) is 2.56. The molecule has 3 aromatic rings. The highest BCUT2D eigenvalue weighted by Crippen LogP contribution is 2.25. The van der Waals surface area contributed by atoms with Gasteiger partial charge < -0.3 is 11.1 Å². The van der Waals surface area contributed by atoms with E-state index in [2.05, 4.69) is 30.7 Å². The number of rotatable bonds is 4. The standard InChI is InChI=1S/C13H14N8OS/c1-13(2,11-19-20-12(14)23-11)18-10(22)8-3-4-9(15-5-8)21-6-16-17-7-21/h3-7H,1-2H3,(H2,14,20)(H,18,22). The summed E-state index contributed by atoms with van der Waals surface area (Å²) in [7, 11) is 0. The summed E-state index contributed by atoms with van der Waals surface area (Å²) in [4.78, 5) is 16.6. The van der Waals surface area contributed by atoms with Gasteiger partial charge in [-0.25, -0.2) is 4.98 Å². The Hall–Kier alpha value is -2.88. The van der Waals surface area contributed by atoms with Crippen molar-refractivity contribution in [1.29, 1.82) is 0 Å². The number of hydrogen-bond acceptors (Lipinski definition) is 8. The van der Waals surface area contributed by atoms with Crippen molar-refractivity contribution < 1.29 is 4.79 Å². The number of nitrogen functional groups attached to an aromatic ring is 1. The van der Waals surface area contributed by atoms with Crippen molar-refractivity contribution in [2.45, 2.75) is 19.4 Å². The molecule has 0 aliphatic heterocycles. The summed E-state index contributed by atoms with van der Waals surface area (Å²) in [6.45, 7) is 3.67. The molecule has 9 nitrogen and oxygen atoms in total. The van der Waals surface area contributed by atoms with Crippen LogP contribution in [-0.2, 0) is 5.54 Å². The average Bonchev–Trinajstić information content (AvgIpc) is 3.18. The molecule has 0 spiro atoms. The summed E-state index contributed by atoms with van der Waals surface area (Å²) >= 11 is 1.24. The number of anilines is 1. The quantitative estimate of drug-likeness (QED) is 0.723. The van der Waals surface area contributed by atoms with Crippen molar-refractivity contribution >= 4 is 22.4 Å². The molecule has 1 amide bonds. The molecule has 3 aromatic heterocycles. The molecular formula is C13H14N8OS. The minimum Gasteiger partial charge on any atom is -0.374 e. The van der Waals surface area contributed by atoms with Gasteiger partial charge in [0.25, 0.3) is 5.91 Å². The van der Waals surface area contributed by atoms with Crippen molar-refractivity contribution in [1.82, 2.24) is 35.3 Å². The Morgan fingerprint density at radius 2 is 2.00 bits per heavy atom. The first-order valence-corrected chi connectivity index (χ1v) is 7.50. The fourth-order valence-electron chi connectivity index (χ4n) is 1.89. The van der Waals surface area contributed by atoms with Gasteiger partial charge in [-0.15, -0.1) is 20.4 Å². The maximum Gasteiger partial charge on any atom is 0.253 e. The molecule has 0 aromatic carbocycles.